The first-order valence-corrected chi connectivity index (χ1v) is 10.8. The molecular formula is C21H33N5O2. The lowest BCUT2D eigenvalue weighted by atomic mass is 9.67. The summed E-state index contributed by atoms with van der Waals surface area (Å²) in [6, 6.07) is 0.564. The Kier molecular flexibility index (Phi) is 5.71. The van der Waals surface area contributed by atoms with E-state index >= 15 is 0 Å². The zero-order chi connectivity index (χ0) is 19.6. The molecule has 2 fully saturated rings. The number of fused-ring (bicyclic) bond motifs is 1. The molecule has 1 aliphatic carbocycles. The fourth-order valence-electron chi connectivity index (χ4n) is 4.94. The second kappa shape index (κ2) is 8.23. The van der Waals surface area contributed by atoms with Crippen LogP contribution in [-0.2, 0) is 17.7 Å². The molecule has 7 nitrogen and oxygen atoms in total. The summed E-state index contributed by atoms with van der Waals surface area (Å²) in [7, 11) is 0. The highest BCUT2D eigenvalue weighted by Crippen LogP contribution is 2.44. The van der Waals surface area contributed by atoms with Gasteiger partial charge in [0, 0.05) is 37.8 Å². The quantitative estimate of drug-likeness (QED) is 0.826. The number of rotatable bonds is 4. The summed E-state index contributed by atoms with van der Waals surface area (Å²) in [6.45, 7) is 7.29. The molecule has 0 unspecified atom stereocenters. The SMILES string of the molecule is CC(C)OC(=O)N1CCC2(CCC(NCc3ncnc4c3CCN4)CC2)CC1. The van der Waals surface area contributed by atoms with E-state index in [1.807, 2.05) is 18.7 Å². The summed E-state index contributed by atoms with van der Waals surface area (Å²) in [5.74, 6) is 1.01. The number of nitrogens with one attached hydrogen (secondary N) is 2. The van der Waals surface area contributed by atoms with Gasteiger partial charge in [-0.15, -0.1) is 0 Å². The molecule has 2 aliphatic heterocycles. The number of anilines is 1. The van der Waals surface area contributed by atoms with Gasteiger partial charge in [0.1, 0.15) is 12.1 Å². The number of hydrogen-bond acceptors (Lipinski definition) is 6. The van der Waals surface area contributed by atoms with E-state index in [1.54, 1.807) is 6.33 Å². The van der Waals surface area contributed by atoms with Crippen LogP contribution in [0, 0.1) is 5.41 Å². The van der Waals surface area contributed by atoms with E-state index in [0.717, 1.165) is 57.0 Å². The van der Waals surface area contributed by atoms with Crippen molar-refractivity contribution < 1.29 is 9.53 Å². The van der Waals surface area contributed by atoms with Gasteiger partial charge in [0.25, 0.3) is 0 Å². The van der Waals surface area contributed by atoms with E-state index < -0.39 is 0 Å². The van der Waals surface area contributed by atoms with Crippen molar-refractivity contribution in [1.29, 1.82) is 0 Å². The Labute approximate surface area is 167 Å². The number of carbonyl (C=O) groups excluding carboxylic acids is 1. The van der Waals surface area contributed by atoms with Crippen LogP contribution in [-0.4, -0.2) is 52.7 Å². The highest BCUT2D eigenvalue weighted by Gasteiger charge is 2.39. The lowest BCUT2D eigenvalue weighted by Gasteiger charge is -2.45. The maximum atomic E-state index is 12.1. The van der Waals surface area contributed by atoms with Gasteiger partial charge in [-0.1, -0.05) is 0 Å². The lowest BCUT2D eigenvalue weighted by molar-refractivity contribution is 0.0325. The second-order valence-electron chi connectivity index (χ2n) is 8.90. The van der Waals surface area contributed by atoms with Crippen LogP contribution >= 0.6 is 0 Å². The first-order valence-electron chi connectivity index (χ1n) is 10.8. The molecule has 2 N–H and O–H groups in total. The van der Waals surface area contributed by atoms with Crippen LogP contribution in [0.2, 0.25) is 0 Å². The van der Waals surface area contributed by atoms with E-state index in [-0.39, 0.29) is 12.2 Å². The standard InChI is InChI=1S/C21H33N5O2/c1-15(2)28-20(27)26-11-8-21(9-12-26)6-3-16(4-7-21)23-13-18-17-5-10-22-19(17)25-14-24-18/h14-16,23H,3-13H2,1-2H3,(H,22,24,25). The molecule has 0 atom stereocenters. The van der Waals surface area contributed by atoms with Crippen molar-refractivity contribution >= 4 is 11.9 Å². The fraction of sp³-hybridized carbons (Fsp3) is 0.762. The van der Waals surface area contributed by atoms with Crippen LogP contribution in [0.15, 0.2) is 6.33 Å². The van der Waals surface area contributed by atoms with E-state index in [1.165, 1.54) is 31.2 Å². The van der Waals surface area contributed by atoms with Crippen LogP contribution in [0.4, 0.5) is 10.6 Å². The smallest absolute Gasteiger partial charge is 0.410 e. The third kappa shape index (κ3) is 4.24. The van der Waals surface area contributed by atoms with Crippen LogP contribution < -0.4 is 10.6 Å². The summed E-state index contributed by atoms with van der Waals surface area (Å²) in [5.41, 5.74) is 2.85. The topological polar surface area (TPSA) is 79.4 Å². The fourth-order valence-corrected chi connectivity index (χ4v) is 4.94. The number of hydrogen-bond donors (Lipinski definition) is 2. The summed E-state index contributed by atoms with van der Waals surface area (Å²) >= 11 is 0. The van der Waals surface area contributed by atoms with Gasteiger partial charge in [0.15, 0.2) is 0 Å². The minimum absolute atomic E-state index is 0.0446. The maximum Gasteiger partial charge on any atom is 0.410 e. The van der Waals surface area contributed by atoms with Gasteiger partial charge in [0.05, 0.1) is 11.8 Å². The van der Waals surface area contributed by atoms with Crippen LogP contribution in [0.3, 0.4) is 0 Å². The van der Waals surface area contributed by atoms with Gasteiger partial charge in [-0.25, -0.2) is 14.8 Å². The molecule has 28 heavy (non-hydrogen) atoms. The largest absolute Gasteiger partial charge is 0.447 e. The molecule has 0 bridgehead atoms. The summed E-state index contributed by atoms with van der Waals surface area (Å²) in [4.78, 5) is 22.8. The minimum atomic E-state index is -0.146. The highest BCUT2D eigenvalue weighted by atomic mass is 16.6. The number of carbonyl (C=O) groups is 1. The summed E-state index contributed by atoms with van der Waals surface area (Å²) < 4.78 is 5.35. The predicted octanol–water partition coefficient (Wildman–Crippen LogP) is 3.10. The maximum absolute atomic E-state index is 12.1. The van der Waals surface area contributed by atoms with Crippen molar-refractivity contribution in [3.8, 4) is 0 Å². The number of ether oxygens (including phenoxy) is 1. The molecule has 3 aliphatic rings. The Balaban J connectivity index is 1.23. The van der Waals surface area contributed by atoms with Gasteiger partial charge in [-0.05, 0) is 64.2 Å². The lowest BCUT2D eigenvalue weighted by Crippen LogP contribution is -2.46. The van der Waals surface area contributed by atoms with Crippen molar-refractivity contribution in [2.45, 2.75) is 77.5 Å². The van der Waals surface area contributed by atoms with Crippen LogP contribution in [0.5, 0.6) is 0 Å². The second-order valence-corrected chi connectivity index (χ2v) is 8.90. The molecule has 0 aromatic carbocycles. The number of aromatic nitrogens is 2. The number of piperidine rings is 1. The van der Waals surface area contributed by atoms with Crippen molar-refractivity contribution in [2.75, 3.05) is 25.0 Å². The molecule has 1 amide bonds. The number of nitrogens with zero attached hydrogens (tertiary/aromatic N) is 3. The van der Waals surface area contributed by atoms with Crippen LogP contribution in [0.25, 0.3) is 0 Å². The van der Waals surface area contributed by atoms with Gasteiger partial charge < -0.3 is 20.3 Å². The average Bonchev–Trinajstić information content (AvgIpc) is 3.17. The molecule has 1 saturated carbocycles. The molecule has 0 radical (unpaired) electrons. The first-order chi connectivity index (χ1) is 13.5. The van der Waals surface area contributed by atoms with Crippen molar-refractivity contribution in [1.82, 2.24) is 20.2 Å². The summed E-state index contributed by atoms with van der Waals surface area (Å²) in [5, 5.41) is 7.06. The minimum Gasteiger partial charge on any atom is -0.447 e. The zero-order valence-electron chi connectivity index (χ0n) is 17.2. The van der Waals surface area contributed by atoms with E-state index in [0.29, 0.717) is 11.5 Å². The molecule has 154 valence electrons. The van der Waals surface area contributed by atoms with Gasteiger partial charge in [-0.3, -0.25) is 0 Å². The molecule has 1 aromatic rings. The predicted molar refractivity (Wildman–Crippen MR) is 108 cm³/mol. The Hall–Kier alpha value is -1.89. The molecule has 4 rings (SSSR count). The molecule has 7 heteroatoms. The molecule has 1 aromatic heterocycles. The van der Waals surface area contributed by atoms with Crippen molar-refractivity contribution in [2.24, 2.45) is 5.41 Å². The molecule has 3 heterocycles. The number of likely N-dealkylation sites (tertiary alicyclic amines) is 1. The highest BCUT2D eigenvalue weighted by molar-refractivity contribution is 5.67. The number of amides is 1. The van der Waals surface area contributed by atoms with Gasteiger partial charge >= 0.3 is 6.09 Å². The van der Waals surface area contributed by atoms with E-state index in [4.69, 9.17) is 4.74 Å². The first kappa shape index (κ1) is 19.4. The molecule has 1 spiro atoms. The Bertz CT molecular complexity index is 690. The average molecular weight is 388 g/mol. The summed E-state index contributed by atoms with van der Waals surface area (Å²) in [6.07, 6.45) is 9.64. The molecular weight excluding hydrogens is 354 g/mol. The zero-order valence-corrected chi connectivity index (χ0v) is 17.2. The van der Waals surface area contributed by atoms with Crippen molar-refractivity contribution in [3.63, 3.8) is 0 Å². The Morgan fingerprint density at radius 2 is 2.04 bits per heavy atom. The van der Waals surface area contributed by atoms with E-state index in [9.17, 15) is 4.79 Å². The Morgan fingerprint density at radius 3 is 2.75 bits per heavy atom. The van der Waals surface area contributed by atoms with E-state index in [2.05, 4.69) is 20.6 Å². The third-order valence-electron chi connectivity index (χ3n) is 6.73. The van der Waals surface area contributed by atoms with Crippen molar-refractivity contribution in [3.05, 3.63) is 17.6 Å². The van der Waals surface area contributed by atoms with Gasteiger partial charge in [0.2, 0.25) is 0 Å². The monoisotopic (exact) mass is 387 g/mol. The molecule has 1 saturated heterocycles. The van der Waals surface area contributed by atoms with Crippen LogP contribution in [0.1, 0.15) is 63.6 Å². The normalized spacial score (nSPS) is 21.6. The Morgan fingerprint density at radius 1 is 1.29 bits per heavy atom. The third-order valence-corrected chi connectivity index (χ3v) is 6.73. The van der Waals surface area contributed by atoms with Gasteiger partial charge in [-0.2, -0.15) is 0 Å².